The first-order valence-electron chi connectivity index (χ1n) is 7.12. The molecule has 0 atom stereocenters. The molecule has 0 aliphatic carbocycles. The van der Waals surface area contributed by atoms with E-state index in [1.54, 1.807) is 0 Å². The zero-order valence-corrected chi connectivity index (χ0v) is 12.0. The maximum atomic E-state index is 4.41. The Morgan fingerprint density at radius 2 is 1.76 bits per heavy atom. The number of nitrogens with one attached hydrogen (secondary N) is 1. The summed E-state index contributed by atoms with van der Waals surface area (Å²) in [5.74, 6) is 0.748. The molecule has 0 radical (unpaired) electrons. The Morgan fingerprint density at radius 1 is 1.00 bits per heavy atom. The predicted molar refractivity (Wildman–Crippen MR) is 84.9 cm³/mol. The van der Waals surface area contributed by atoms with Crippen LogP contribution >= 0.6 is 0 Å². The molecule has 2 heterocycles. The fraction of sp³-hybridized carbons (Fsp3) is 0.176. The van der Waals surface area contributed by atoms with Gasteiger partial charge in [-0.25, -0.2) is 9.97 Å². The lowest BCUT2D eigenvalue weighted by Gasteiger charge is -2.09. The van der Waals surface area contributed by atoms with E-state index in [2.05, 4.69) is 45.1 Å². The Morgan fingerprint density at radius 3 is 2.48 bits per heavy atom. The van der Waals surface area contributed by atoms with E-state index in [9.17, 15) is 0 Å². The number of aryl methyl sites for hydroxylation is 1. The molecule has 0 aliphatic rings. The summed E-state index contributed by atoms with van der Waals surface area (Å²) in [5, 5.41) is 3.35. The van der Waals surface area contributed by atoms with Gasteiger partial charge in [0.1, 0.15) is 0 Å². The molecule has 0 unspecified atom stereocenters. The molecule has 21 heavy (non-hydrogen) atoms. The molecular formula is C17H18N4. The van der Waals surface area contributed by atoms with Crippen molar-refractivity contribution in [2.45, 2.75) is 20.0 Å². The van der Waals surface area contributed by atoms with Gasteiger partial charge in [-0.1, -0.05) is 30.3 Å². The third-order valence-corrected chi connectivity index (χ3v) is 3.42. The largest absolute Gasteiger partial charge is 0.377 e. The molecule has 0 fully saturated rings. The van der Waals surface area contributed by atoms with Crippen LogP contribution in [0.15, 0.2) is 61.1 Å². The van der Waals surface area contributed by atoms with Crippen molar-refractivity contribution >= 4 is 5.69 Å². The molecule has 4 heteroatoms. The van der Waals surface area contributed by atoms with E-state index >= 15 is 0 Å². The van der Waals surface area contributed by atoms with E-state index in [4.69, 9.17) is 0 Å². The second-order valence-corrected chi connectivity index (χ2v) is 4.80. The molecule has 1 aromatic carbocycles. The molecule has 0 amide bonds. The highest BCUT2D eigenvalue weighted by Crippen LogP contribution is 2.15. The van der Waals surface area contributed by atoms with Crippen LogP contribution in [0.2, 0.25) is 0 Å². The summed E-state index contributed by atoms with van der Waals surface area (Å²) in [6, 6.07) is 14.2. The monoisotopic (exact) mass is 278 g/mol. The van der Waals surface area contributed by atoms with Crippen molar-refractivity contribution in [1.82, 2.24) is 14.5 Å². The van der Waals surface area contributed by atoms with Gasteiger partial charge in [-0.05, 0) is 19.1 Å². The molecule has 4 nitrogen and oxygen atoms in total. The van der Waals surface area contributed by atoms with E-state index in [0.717, 1.165) is 30.2 Å². The van der Waals surface area contributed by atoms with Crippen LogP contribution in [0.3, 0.4) is 0 Å². The van der Waals surface area contributed by atoms with Gasteiger partial charge in [0.2, 0.25) is 0 Å². The summed E-state index contributed by atoms with van der Waals surface area (Å²) in [6.07, 6.45) is 5.75. The minimum atomic E-state index is 0.748. The highest BCUT2D eigenvalue weighted by atomic mass is 15.0. The fourth-order valence-corrected chi connectivity index (χ4v) is 2.27. The van der Waals surface area contributed by atoms with Crippen LogP contribution in [-0.4, -0.2) is 14.5 Å². The van der Waals surface area contributed by atoms with Crippen LogP contribution in [-0.2, 0) is 13.1 Å². The Balaban J connectivity index is 1.68. The highest BCUT2D eigenvalue weighted by Gasteiger charge is 2.02. The quantitative estimate of drug-likeness (QED) is 0.775. The van der Waals surface area contributed by atoms with Crippen molar-refractivity contribution in [3.63, 3.8) is 0 Å². The lowest BCUT2D eigenvalue weighted by Crippen LogP contribution is -2.06. The van der Waals surface area contributed by atoms with Crippen molar-refractivity contribution in [2.75, 3.05) is 5.32 Å². The van der Waals surface area contributed by atoms with Crippen LogP contribution in [0.1, 0.15) is 12.6 Å². The minimum absolute atomic E-state index is 0.748. The van der Waals surface area contributed by atoms with Gasteiger partial charge in [0, 0.05) is 24.0 Å². The second-order valence-electron chi connectivity index (χ2n) is 4.80. The maximum Gasteiger partial charge on any atom is 0.159 e. The van der Waals surface area contributed by atoms with E-state index in [1.165, 1.54) is 5.69 Å². The second kappa shape index (κ2) is 6.22. The summed E-state index contributed by atoms with van der Waals surface area (Å²) in [7, 11) is 0. The first-order chi connectivity index (χ1) is 10.4. The number of hydrogen-bond donors (Lipinski definition) is 1. The third kappa shape index (κ3) is 3.11. The van der Waals surface area contributed by atoms with Crippen LogP contribution in [0.4, 0.5) is 5.69 Å². The zero-order chi connectivity index (χ0) is 14.5. The van der Waals surface area contributed by atoms with Gasteiger partial charge in [-0.2, -0.15) is 0 Å². The number of hydrogen-bond acceptors (Lipinski definition) is 3. The maximum absolute atomic E-state index is 4.41. The molecule has 0 bridgehead atoms. The topological polar surface area (TPSA) is 42.7 Å². The van der Waals surface area contributed by atoms with Gasteiger partial charge in [-0.15, -0.1) is 0 Å². The minimum Gasteiger partial charge on any atom is -0.377 e. The fourth-order valence-electron chi connectivity index (χ4n) is 2.27. The molecule has 0 aliphatic heterocycles. The average molecular weight is 278 g/mol. The Bertz CT molecular complexity index is 686. The summed E-state index contributed by atoms with van der Waals surface area (Å²) < 4.78 is 2.21. The average Bonchev–Trinajstić information content (AvgIpc) is 3.02. The van der Waals surface area contributed by atoms with Crippen molar-refractivity contribution < 1.29 is 0 Å². The van der Waals surface area contributed by atoms with E-state index in [1.807, 2.05) is 42.7 Å². The number of nitrogens with zero attached hydrogens (tertiary/aromatic N) is 3. The molecule has 2 aromatic heterocycles. The Hall–Kier alpha value is -2.62. The molecule has 0 saturated carbocycles. The molecule has 0 spiro atoms. The van der Waals surface area contributed by atoms with Crippen LogP contribution in [0, 0.1) is 0 Å². The van der Waals surface area contributed by atoms with E-state index < -0.39 is 0 Å². The smallest absolute Gasteiger partial charge is 0.159 e. The summed E-state index contributed by atoms with van der Waals surface area (Å²) in [4.78, 5) is 8.82. The lowest BCUT2D eigenvalue weighted by molar-refractivity contribution is 0.724. The third-order valence-electron chi connectivity index (χ3n) is 3.42. The van der Waals surface area contributed by atoms with Gasteiger partial charge in [0.25, 0.3) is 0 Å². The van der Waals surface area contributed by atoms with Gasteiger partial charge in [-0.3, -0.25) is 0 Å². The summed E-state index contributed by atoms with van der Waals surface area (Å²) in [6.45, 7) is 3.89. The number of rotatable bonds is 5. The standard InChI is InChI=1S/C17H18N4/c1-2-21-10-6-9-16(21)13-18-15-11-19-17(20-12-15)14-7-4-3-5-8-14/h3-12,18H,2,13H2,1H3. The van der Waals surface area contributed by atoms with Crippen molar-refractivity contribution in [3.05, 3.63) is 66.7 Å². The Labute approximate surface area is 124 Å². The molecule has 106 valence electrons. The zero-order valence-electron chi connectivity index (χ0n) is 12.0. The highest BCUT2D eigenvalue weighted by molar-refractivity contribution is 5.55. The molecule has 0 saturated heterocycles. The van der Waals surface area contributed by atoms with Crippen LogP contribution in [0.5, 0.6) is 0 Å². The van der Waals surface area contributed by atoms with Gasteiger partial charge >= 0.3 is 0 Å². The first-order valence-corrected chi connectivity index (χ1v) is 7.12. The SMILES string of the molecule is CCn1cccc1CNc1cnc(-c2ccccc2)nc1. The van der Waals surface area contributed by atoms with Gasteiger partial charge in [0.05, 0.1) is 24.6 Å². The predicted octanol–water partition coefficient (Wildman–Crippen LogP) is 3.58. The molecule has 3 rings (SSSR count). The van der Waals surface area contributed by atoms with Crippen molar-refractivity contribution in [2.24, 2.45) is 0 Å². The van der Waals surface area contributed by atoms with Gasteiger partial charge in [0.15, 0.2) is 5.82 Å². The number of aromatic nitrogens is 3. The van der Waals surface area contributed by atoms with Crippen molar-refractivity contribution in [1.29, 1.82) is 0 Å². The lowest BCUT2D eigenvalue weighted by atomic mass is 10.2. The molecule has 3 aromatic rings. The van der Waals surface area contributed by atoms with Gasteiger partial charge < -0.3 is 9.88 Å². The summed E-state index contributed by atoms with van der Waals surface area (Å²) >= 11 is 0. The van der Waals surface area contributed by atoms with Crippen molar-refractivity contribution in [3.8, 4) is 11.4 Å². The number of anilines is 1. The first kappa shape index (κ1) is 13.4. The number of benzene rings is 1. The normalized spacial score (nSPS) is 10.5. The Kier molecular flexibility index (Phi) is 3.96. The van der Waals surface area contributed by atoms with Crippen LogP contribution in [0.25, 0.3) is 11.4 Å². The van der Waals surface area contributed by atoms with Crippen LogP contribution < -0.4 is 5.32 Å². The summed E-state index contributed by atoms with van der Waals surface area (Å²) in [5.41, 5.74) is 3.21. The van der Waals surface area contributed by atoms with E-state index in [0.29, 0.717) is 0 Å². The molecular weight excluding hydrogens is 260 g/mol. The van der Waals surface area contributed by atoms with E-state index in [-0.39, 0.29) is 0 Å². The molecule has 1 N–H and O–H groups in total.